The number of anilines is 2. The summed E-state index contributed by atoms with van der Waals surface area (Å²) in [6, 6.07) is 10.1. The summed E-state index contributed by atoms with van der Waals surface area (Å²) in [6.07, 6.45) is 1.42. The molecule has 0 aliphatic carbocycles. The van der Waals surface area contributed by atoms with Crippen LogP contribution in [0.3, 0.4) is 0 Å². The van der Waals surface area contributed by atoms with Crippen LogP contribution in [0.25, 0.3) is 0 Å². The summed E-state index contributed by atoms with van der Waals surface area (Å²) in [5.74, 6) is -0.152. The minimum Gasteiger partial charge on any atom is -0.366 e. The number of piperazine rings is 1. The van der Waals surface area contributed by atoms with Crippen LogP contribution < -0.4 is 10.2 Å². The van der Waals surface area contributed by atoms with Gasteiger partial charge in [-0.25, -0.2) is 0 Å². The lowest BCUT2D eigenvalue weighted by Crippen LogP contribution is -2.48. The van der Waals surface area contributed by atoms with Crippen LogP contribution in [0.5, 0.6) is 0 Å². The van der Waals surface area contributed by atoms with Gasteiger partial charge in [0.25, 0.3) is 5.91 Å². The lowest BCUT2D eigenvalue weighted by Gasteiger charge is -2.37. The first-order chi connectivity index (χ1) is 13.9. The molecule has 154 valence electrons. The van der Waals surface area contributed by atoms with Crippen LogP contribution in [0.2, 0.25) is 15.1 Å². The number of benzene rings is 2. The molecule has 1 fully saturated rings. The van der Waals surface area contributed by atoms with Gasteiger partial charge in [-0.15, -0.1) is 0 Å². The summed E-state index contributed by atoms with van der Waals surface area (Å²) in [6.45, 7) is 4.67. The molecule has 8 heteroatoms. The monoisotopic (exact) mass is 453 g/mol. The highest BCUT2D eigenvalue weighted by molar-refractivity contribution is 6.37. The van der Waals surface area contributed by atoms with Crippen molar-refractivity contribution in [1.29, 1.82) is 0 Å². The first kappa shape index (κ1) is 21.8. The second-order valence-electron chi connectivity index (χ2n) is 6.86. The number of carbonyl (C=O) groups excluding carboxylic acids is 2. The Bertz CT molecular complexity index is 912. The Morgan fingerprint density at radius 3 is 2.28 bits per heavy atom. The fourth-order valence-electron chi connectivity index (χ4n) is 3.32. The number of hydrogen-bond acceptors (Lipinski definition) is 3. The van der Waals surface area contributed by atoms with Gasteiger partial charge in [0.05, 0.1) is 22.0 Å². The van der Waals surface area contributed by atoms with E-state index in [1.165, 1.54) is 6.07 Å². The smallest absolute Gasteiger partial charge is 0.257 e. The zero-order valence-corrected chi connectivity index (χ0v) is 18.3. The summed E-state index contributed by atoms with van der Waals surface area (Å²) in [5.41, 5.74) is 1.79. The molecule has 1 heterocycles. The molecule has 29 heavy (non-hydrogen) atoms. The van der Waals surface area contributed by atoms with Crippen LogP contribution >= 0.6 is 34.8 Å². The standard InChI is InChI=1S/C21H22Cl3N3O2/c1-2-3-20(28)27-10-8-26(9-11-27)19-7-5-15(23)13-18(19)25-21(29)16-6-4-14(22)12-17(16)24/h4-7,12-13H,2-3,8-11H2,1H3,(H,25,29). The Labute approximate surface area is 185 Å². The van der Waals surface area contributed by atoms with Crippen LogP contribution in [0.4, 0.5) is 11.4 Å². The molecule has 2 aromatic rings. The molecule has 0 bridgehead atoms. The summed E-state index contributed by atoms with van der Waals surface area (Å²) in [7, 11) is 0. The molecule has 5 nitrogen and oxygen atoms in total. The quantitative estimate of drug-likeness (QED) is 0.663. The first-order valence-corrected chi connectivity index (χ1v) is 10.6. The lowest BCUT2D eigenvalue weighted by atomic mass is 10.1. The highest BCUT2D eigenvalue weighted by atomic mass is 35.5. The van der Waals surface area contributed by atoms with Crippen molar-refractivity contribution in [1.82, 2.24) is 4.90 Å². The van der Waals surface area contributed by atoms with Crippen molar-refractivity contribution in [3.05, 3.63) is 57.0 Å². The molecule has 1 N–H and O–H groups in total. The van der Waals surface area contributed by atoms with Crippen LogP contribution in [0.15, 0.2) is 36.4 Å². The van der Waals surface area contributed by atoms with Crippen LogP contribution in [0, 0.1) is 0 Å². The SMILES string of the molecule is CCCC(=O)N1CCN(c2ccc(Cl)cc2NC(=O)c2ccc(Cl)cc2Cl)CC1. The zero-order valence-electron chi connectivity index (χ0n) is 16.1. The van der Waals surface area contributed by atoms with Gasteiger partial charge in [-0.2, -0.15) is 0 Å². The minimum absolute atomic E-state index is 0.189. The van der Waals surface area contributed by atoms with Crippen LogP contribution in [-0.2, 0) is 4.79 Å². The maximum absolute atomic E-state index is 12.8. The molecule has 0 aromatic heterocycles. The Balaban J connectivity index is 1.76. The summed E-state index contributed by atoms with van der Waals surface area (Å²) in [4.78, 5) is 28.9. The lowest BCUT2D eigenvalue weighted by molar-refractivity contribution is -0.131. The third-order valence-corrected chi connectivity index (χ3v) is 5.60. The zero-order chi connectivity index (χ0) is 21.0. The number of carbonyl (C=O) groups is 2. The van der Waals surface area contributed by atoms with Crippen molar-refractivity contribution in [2.45, 2.75) is 19.8 Å². The van der Waals surface area contributed by atoms with Gasteiger partial charge in [0, 0.05) is 42.6 Å². The van der Waals surface area contributed by atoms with Gasteiger partial charge in [0.15, 0.2) is 0 Å². The Morgan fingerprint density at radius 2 is 1.62 bits per heavy atom. The van der Waals surface area contributed by atoms with E-state index in [2.05, 4.69) is 10.2 Å². The van der Waals surface area contributed by atoms with Crippen molar-refractivity contribution in [2.75, 3.05) is 36.4 Å². The molecule has 0 saturated carbocycles. The summed E-state index contributed by atoms with van der Waals surface area (Å²) < 4.78 is 0. The van der Waals surface area contributed by atoms with Crippen molar-refractivity contribution in [2.24, 2.45) is 0 Å². The van der Waals surface area contributed by atoms with E-state index in [9.17, 15) is 9.59 Å². The number of hydrogen-bond donors (Lipinski definition) is 1. The largest absolute Gasteiger partial charge is 0.366 e. The van der Waals surface area contributed by atoms with Gasteiger partial charge in [0.2, 0.25) is 5.91 Å². The van der Waals surface area contributed by atoms with Gasteiger partial charge < -0.3 is 15.1 Å². The summed E-state index contributed by atoms with van der Waals surface area (Å²) >= 11 is 18.2. The Morgan fingerprint density at radius 1 is 0.966 bits per heavy atom. The molecule has 3 rings (SSSR count). The van der Waals surface area contributed by atoms with E-state index in [4.69, 9.17) is 34.8 Å². The van der Waals surface area contributed by atoms with Gasteiger partial charge in [-0.05, 0) is 42.8 Å². The normalized spacial score (nSPS) is 14.1. The summed E-state index contributed by atoms with van der Waals surface area (Å²) in [5, 5.41) is 4.17. The number of amides is 2. The third-order valence-electron chi connectivity index (χ3n) is 4.82. The first-order valence-electron chi connectivity index (χ1n) is 9.47. The highest BCUT2D eigenvalue weighted by Crippen LogP contribution is 2.31. The molecule has 1 aliphatic heterocycles. The molecular weight excluding hydrogens is 433 g/mol. The average Bonchev–Trinajstić information content (AvgIpc) is 2.68. The maximum Gasteiger partial charge on any atom is 0.257 e. The number of nitrogens with zero attached hydrogens (tertiary/aromatic N) is 2. The molecule has 2 amide bonds. The van der Waals surface area contributed by atoms with Crippen LogP contribution in [-0.4, -0.2) is 42.9 Å². The predicted octanol–water partition coefficient (Wildman–Crippen LogP) is 5.35. The third kappa shape index (κ3) is 5.35. The minimum atomic E-state index is -0.341. The molecule has 0 spiro atoms. The maximum atomic E-state index is 12.8. The molecule has 0 radical (unpaired) electrons. The van der Waals surface area contributed by atoms with Crippen molar-refractivity contribution in [3.63, 3.8) is 0 Å². The molecule has 2 aromatic carbocycles. The van der Waals surface area contributed by atoms with Crippen LogP contribution in [0.1, 0.15) is 30.1 Å². The number of halogens is 3. The van der Waals surface area contributed by atoms with Gasteiger partial charge >= 0.3 is 0 Å². The number of rotatable bonds is 5. The van der Waals surface area contributed by atoms with Gasteiger partial charge in [0.1, 0.15) is 0 Å². The number of nitrogens with one attached hydrogen (secondary N) is 1. The van der Waals surface area contributed by atoms with Crippen molar-refractivity contribution in [3.8, 4) is 0 Å². The Kier molecular flexibility index (Phi) is 7.28. The van der Waals surface area contributed by atoms with E-state index in [-0.39, 0.29) is 16.8 Å². The molecule has 1 saturated heterocycles. The average molecular weight is 455 g/mol. The van der Waals surface area contributed by atoms with Gasteiger partial charge in [-0.1, -0.05) is 41.7 Å². The topological polar surface area (TPSA) is 52.7 Å². The van der Waals surface area contributed by atoms with E-state index < -0.39 is 0 Å². The van der Waals surface area contributed by atoms with E-state index in [1.807, 2.05) is 17.9 Å². The van der Waals surface area contributed by atoms with Crippen molar-refractivity contribution < 1.29 is 9.59 Å². The van der Waals surface area contributed by atoms with Crippen molar-refractivity contribution >= 4 is 58.0 Å². The fourth-order valence-corrected chi connectivity index (χ4v) is 3.98. The van der Waals surface area contributed by atoms with E-state index in [1.54, 1.807) is 24.3 Å². The molecule has 1 aliphatic rings. The molecule has 0 atom stereocenters. The predicted molar refractivity (Wildman–Crippen MR) is 120 cm³/mol. The molecular formula is C21H22Cl3N3O2. The Hall–Kier alpha value is -1.95. The fraction of sp³-hybridized carbons (Fsp3) is 0.333. The second-order valence-corrected chi connectivity index (χ2v) is 8.14. The van der Waals surface area contributed by atoms with Gasteiger partial charge in [-0.3, -0.25) is 9.59 Å². The van der Waals surface area contributed by atoms with E-state index in [0.29, 0.717) is 53.9 Å². The van der Waals surface area contributed by atoms with E-state index >= 15 is 0 Å². The second kappa shape index (κ2) is 9.70. The van der Waals surface area contributed by atoms with E-state index in [0.717, 1.165) is 12.1 Å². The highest BCUT2D eigenvalue weighted by Gasteiger charge is 2.23. The molecule has 0 unspecified atom stereocenters.